The summed E-state index contributed by atoms with van der Waals surface area (Å²) in [6, 6.07) is 2.27. The molecule has 2 heterocycles. The zero-order valence-electron chi connectivity index (χ0n) is 12.3. The average Bonchev–Trinajstić information content (AvgIpc) is 2.52. The van der Waals surface area contributed by atoms with Gasteiger partial charge in [0.15, 0.2) is 0 Å². The van der Waals surface area contributed by atoms with Gasteiger partial charge in [0.05, 0.1) is 31.6 Å². The van der Waals surface area contributed by atoms with E-state index in [-0.39, 0.29) is 12.1 Å². The highest BCUT2D eigenvalue weighted by Crippen LogP contribution is 2.27. The Balaban J connectivity index is 2.10. The third-order valence-corrected chi connectivity index (χ3v) is 4.22. The average molecular weight is 296 g/mol. The molecule has 2 rings (SSSR count). The lowest BCUT2D eigenvalue weighted by Gasteiger charge is -2.31. The van der Waals surface area contributed by atoms with Crippen LogP contribution in [0.15, 0.2) is 18.5 Å². The largest absolute Gasteiger partial charge is 0.492 e. The SMILES string of the molecule is CCCOc1cncc(C(NCC)C2CSCCO2)c1. The maximum absolute atomic E-state index is 5.92. The second-order valence-corrected chi connectivity index (χ2v) is 5.97. The Labute approximate surface area is 125 Å². The van der Waals surface area contributed by atoms with Crippen molar-refractivity contribution in [2.24, 2.45) is 0 Å². The van der Waals surface area contributed by atoms with Crippen molar-refractivity contribution >= 4 is 11.8 Å². The van der Waals surface area contributed by atoms with Gasteiger partial charge in [0.1, 0.15) is 5.75 Å². The Morgan fingerprint density at radius 1 is 1.50 bits per heavy atom. The minimum absolute atomic E-state index is 0.186. The zero-order valence-corrected chi connectivity index (χ0v) is 13.1. The fraction of sp³-hybridized carbons (Fsp3) is 0.667. The molecule has 0 radical (unpaired) electrons. The van der Waals surface area contributed by atoms with E-state index in [1.165, 1.54) is 0 Å². The van der Waals surface area contributed by atoms with Crippen molar-refractivity contribution in [3.05, 3.63) is 24.0 Å². The summed E-state index contributed by atoms with van der Waals surface area (Å²) < 4.78 is 11.6. The zero-order chi connectivity index (χ0) is 14.2. The first kappa shape index (κ1) is 15.6. The molecule has 20 heavy (non-hydrogen) atoms. The maximum atomic E-state index is 5.92. The van der Waals surface area contributed by atoms with Crippen molar-refractivity contribution < 1.29 is 9.47 Å². The number of ether oxygens (including phenoxy) is 2. The van der Waals surface area contributed by atoms with Crippen LogP contribution in [0.25, 0.3) is 0 Å². The van der Waals surface area contributed by atoms with Crippen molar-refractivity contribution in [3.63, 3.8) is 0 Å². The first-order valence-electron chi connectivity index (χ1n) is 7.35. The van der Waals surface area contributed by atoms with Gasteiger partial charge in [0, 0.05) is 17.7 Å². The highest BCUT2D eigenvalue weighted by molar-refractivity contribution is 7.99. The Kier molecular flexibility index (Phi) is 6.63. The highest BCUT2D eigenvalue weighted by Gasteiger charge is 2.26. The quantitative estimate of drug-likeness (QED) is 0.838. The minimum atomic E-state index is 0.186. The minimum Gasteiger partial charge on any atom is -0.492 e. The van der Waals surface area contributed by atoms with E-state index in [1.807, 2.05) is 18.0 Å². The Morgan fingerprint density at radius 3 is 3.10 bits per heavy atom. The molecule has 0 amide bonds. The summed E-state index contributed by atoms with van der Waals surface area (Å²) in [5, 5.41) is 3.52. The molecule has 4 nitrogen and oxygen atoms in total. The first-order valence-corrected chi connectivity index (χ1v) is 8.51. The van der Waals surface area contributed by atoms with Crippen molar-refractivity contribution in [1.29, 1.82) is 0 Å². The van der Waals surface area contributed by atoms with Crippen LogP contribution < -0.4 is 10.1 Å². The molecule has 0 aliphatic carbocycles. The number of nitrogens with one attached hydrogen (secondary N) is 1. The van der Waals surface area contributed by atoms with E-state index in [9.17, 15) is 0 Å². The summed E-state index contributed by atoms with van der Waals surface area (Å²) in [5.74, 6) is 2.96. The van der Waals surface area contributed by atoms with E-state index >= 15 is 0 Å². The van der Waals surface area contributed by atoms with Crippen LogP contribution in [0, 0.1) is 0 Å². The number of aromatic nitrogens is 1. The van der Waals surface area contributed by atoms with Gasteiger partial charge in [-0.2, -0.15) is 11.8 Å². The maximum Gasteiger partial charge on any atom is 0.137 e. The topological polar surface area (TPSA) is 43.4 Å². The van der Waals surface area contributed by atoms with Crippen molar-refractivity contribution in [2.75, 3.05) is 31.3 Å². The molecule has 1 N–H and O–H groups in total. The summed E-state index contributed by atoms with van der Waals surface area (Å²) >= 11 is 1.95. The highest BCUT2D eigenvalue weighted by atomic mass is 32.2. The van der Waals surface area contributed by atoms with Crippen molar-refractivity contribution in [3.8, 4) is 5.75 Å². The molecule has 0 saturated carbocycles. The number of hydrogen-bond acceptors (Lipinski definition) is 5. The number of pyridine rings is 1. The van der Waals surface area contributed by atoms with Crippen molar-refractivity contribution in [1.82, 2.24) is 10.3 Å². The number of likely N-dealkylation sites (N-methyl/N-ethyl adjacent to an activating group) is 1. The molecule has 112 valence electrons. The van der Waals surface area contributed by atoms with Crippen LogP contribution in [0.1, 0.15) is 31.9 Å². The molecule has 1 aliphatic rings. The van der Waals surface area contributed by atoms with Gasteiger partial charge in [0.25, 0.3) is 0 Å². The fourth-order valence-electron chi connectivity index (χ4n) is 2.29. The van der Waals surface area contributed by atoms with Gasteiger partial charge < -0.3 is 14.8 Å². The standard InChI is InChI=1S/C15H24N2O2S/c1-3-5-18-13-8-12(9-16-10-13)15(17-4-2)14-11-20-7-6-19-14/h8-10,14-15,17H,3-7,11H2,1-2H3. The second kappa shape index (κ2) is 8.49. The molecule has 1 aromatic heterocycles. The lowest BCUT2D eigenvalue weighted by molar-refractivity contribution is 0.0470. The third kappa shape index (κ3) is 4.36. The van der Waals surface area contributed by atoms with Crippen LogP contribution in [0.3, 0.4) is 0 Å². The lowest BCUT2D eigenvalue weighted by Crippen LogP contribution is -2.38. The summed E-state index contributed by atoms with van der Waals surface area (Å²) in [6.07, 6.45) is 4.90. The lowest BCUT2D eigenvalue weighted by atomic mass is 10.0. The molecule has 5 heteroatoms. The molecule has 1 aromatic rings. The van der Waals surface area contributed by atoms with Crippen LogP contribution in [-0.2, 0) is 4.74 Å². The fourth-order valence-corrected chi connectivity index (χ4v) is 3.19. The van der Waals surface area contributed by atoms with E-state index < -0.39 is 0 Å². The summed E-state index contributed by atoms with van der Waals surface area (Å²) in [6.45, 7) is 6.69. The van der Waals surface area contributed by atoms with E-state index in [0.717, 1.165) is 49.0 Å². The predicted octanol–water partition coefficient (Wildman–Crippen LogP) is 2.65. The molecule has 2 unspecified atom stereocenters. The molecule has 0 aromatic carbocycles. The number of hydrogen-bond donors (Lipinski definition) is 1. The number of thioether (sulfide) groups is 1. The van der Waals surface area contributed by atoms with Gasteiger partial charge in [-0.25, -0.2) is 0 Å². The normalized spacial score (nSPS) is 20.6. The molecule has 0 spiro atoms. The molecular formula is C15H24N2O2S. The molecule has 1 fully saturated rings. The third-order valence-electron chi connectivity index (χ3n) is 3.20. The molecule has 1 aliphatic heterocycles. The van der Waals surface area contributed by atoms with Gasteiger partial charge >= 0.3 is 0 Å². The van der Waals surface area contributed by atoms with Gasteiger partial charge in [-0.15, -0.1) is 0 Å². The van der Waals surface area contributed by atoms with Gasteiger partial charge in [-0.3, -0.25) is 4.98 Å². The number of nitrogens with zero attached hydrogens (tertiary/aromatic N) is 1. The van der Waals surface area contributed by atoms with E-state index in [0.29, 0.717) is 0 Å². The van der Waals surface area contributed by atoms with Gasteiger partial charge in [-0.1, -0.05) is 13.8 Å². The van der Waals surface area contributed by atoms with Crippen LogP contribution >= 0.6 is 11.8 Å². The molecular weight excluding hydrogens is 272 g/mol. The van der Waals surface area contributed by atoms with Crippen LogP contribution in [-0.4, -0.2) is 42.4 Å². The molecule has 2 atom stereocenters. The van der Waals surface area contributed by atoms with Crippen LogP contribution in [0.4, 0.5) is 0 Å². The molecule has 1 saturated heterocycles. The summed E-state index contributed by atoms with van der Waals surface area (Å²) in [7, 11) is 0. The Morgan fingerprint density at radius 2 is 2.40 bits per heavy atom. The summed E-state index contributed by atoms with van der Waals surface area (Å²) in [5.41, 5.74) is 1.15. The van der Waals surface area contributed by atoms with Crippen LogP contribution in [0.5, 0.6) is 5.75 Å². The van der Waals surface area contributed by atoms with Crippen molar-refractivity contribution in [2.45, 2.75) is 32.4 Å². The monoisotopic (exact) mass is 296 g/mol. The second-order valence-electron chi connectivity index (χ2n) is 4.82. The first-order chi connectivity index (χ1) is 9.85. The summed E-state index contributed by atoms with van der Waals surface area (Å²) in [4.78, 5) is 4.31. The van der Waals surface area contributed by atoms with E-state index in [4.69, 9.17) is 9.47 Å². The Bertz CT molecular complexity index is 397. The number of rotatable bonds is 7. The van der Waals surface area contributed by atoms with Gasteiger partial charge in [-0.05, 0) is 24.6 Å². The van der Waals surface area contributed by atoms with Crippen LogP contribution in [0.2, 0.25) is 0 Å². The van der Waals surface area contributed by atoms with E-state index in [2.05, 4.69) is 30.2 Å². The Hall–Kier alpha value is -0.780. The van der Waals surface area contributed by atoms with E-state index in [1.54, 1.807) is 6.20 Å². The molecule has 0 bridgehead atoms. The van der Waals surface area contributed by atoms with Gasteiger partial charge in [0.2, 0.25) is 0 Å². The smallest absolute Gasteiger partial charge is 0.137 e. The predicted molar refractivity (Wildman–Crippen MR) is 83.5 cm³/mol.